The van der Waals surface area contributed by atoms with Crippen LogP contribution in [-0.4, -0.2) is 15.6 Å². The highest BCUT2D eigenvalue weighted by molar-refractivity contribution is 6.30. The first-order valence-corrected chi connectivity index (χ1v) is 7.21. The van der Waals surface area contributed by atoms with Crippen molar-refractivity contribution in [2.45, 2.75) is 33.1 Å². The smallest absolute Gasteiger partial charge is 0.137 e. The van der Waals surface area contributed by atoms with Gasteiger partial charge < -0.3 is 0 Å². The Hall–Kier alpha value is -1.68. The monoisotopic (exact) mass is 308 g/mol. The van der Waals surface area contributed by atoms with Crippen molar-refractivity contribution in [1.82, 2.24) is 9.78 Å². The van der Waals surface area contributed by atoms with E-state index >= 15 is 0 Å². The number of hydrogen-bond donors (Lipinski definition) is 0. The first-order valence-electron chi connectivity index (χ1n) is 6.83. The van der Waals surface area contributed by atoms with E-state index in [-0.39, 0.29) is 18.0 Å². The summed E-state index contributed by atoms with van der Waals surface area (Å²) in [5, 5.41) is 4.77. The lowest BCUT2D eigenvalue weighted by molar-refractivity contribution is -0.118. The van der Waals surface area contributed by atoms with Crippen molar-refractivity contribution >= 4 is 17.4 Å². The van der Waals surface area contributed by atoms with Crippen molar-refractivity contribution in [3.63, 3.8) is 0 Å². The molecule has 21 heavy (non-hydrogen) atoms. The van der Waals surface area contributed by atoms with Crippen molar-refractivity contribution in [2.75, 3.05) is 0 Å². The molecule has 0 aliphatic carbocycles. The molecule has 0 saturated heterocycles. The third-order valence-electron chi connectivity index (χ3n) is 3.71. The van der Waals surface area contributed by atoms with Gasteiger partial charge in [-0.1, -0.05) is 11.6 Å². The molecule has 1 aromatic heterocycles. The molecule has 0 radical (unpaired) electrons. The van der Waals surface area contributed by atoms with Gasteiger partial charge in [0.15, 0.2) is 0 Å². The zero-order valence-corrected chi connectivity index (χ0v) is 13.2. The van der Waals surface area contributed by atoms with E-state index in [4.69, 9.17) is 11.6 Å². The van der Waals surface area contributed by atoms with Crippen LogP contribution in [0.1, 0.15) is 28.9 Å². The number of rotatable bonds is 5. The molecular formula is C16H18ClFN2O. The summed E-state index contributed by atoms with van der Waals surface area (Å²) in [6.07, 6.45) is 1.08. The van der Waals surface area contributed by atoms with Crippen LogP contribution in [0.25, 0.3) is 0 Å². The van der Waals surface area contributed by atoms with E-state index in [2.05, 4.69) is 5.10 Å². The van der Waals surface area contributed by atoms with Gasteiger partial charge in [-0.15, -0.1) is 0 Å². The molecule has 0 saturated carbocycles. The second-order valence-corrected chi connectivity index (χ2v) is 5.66. The van der Waals surface area contributed by atoms with Crippen LogP contribution in [0, 0.1) is 19.7 Å². The predicted octanol–water partition coefficient (Wildman–Crippen LogP) is 3.57. The second-order valence-electron chi connectivity index (χ2n) is 5.22. The fraction of sp³-hybridized carbons (Fsp3) is 0.375. The van der Waals surface area contributed by atoms with Gasteiger partial charge in [-0.2, -0.15) is 5.10 Å². The Labute approximate surface area is 128 Å². The average molecular weight is 309 g/mol. The van der Waals surface area contributed by atoms with Gasteiger partial charge in [0.05, 0.1) is 5.69 Å². The van der Waals surface area contributed by atoms with Crippen LogP contribution in [0.15, 0.2) is 18.2 Å². The van der Waals surface area contributed by atoms with Gasteiger partial charge in [-0.25, -0.2) is 4.39 Å². The van der Waals surface area contributed by atoms with Gasteiger partial charge in [0, 0.05) is 30.6 Å². The van der Waals surface area contributed by atoms with E-state index in [1.165, 1.54) is 18.2 Å². The molecule has 2 rings (SSSR count). The van der Waals surface area contributed by atoms with E-state index < -0.39 is 0 Å². The van der Waals surface area contributed by atoms with Crippen LogP contribution in [0.2, 0.25) is 5.02 Å². The number of carbonyl (C=O) groups is 1. The van der Waals surface area contributed by atoms with Crippen molar-refractivity contribution in [3.8, 4) is 0 Å². The molecule has 0 aliphatic rings. The maximum Gasteiger partial charge on any atom is 0.137 e. The van der Waals surface area contributed by atoms with E-state index in [1.54, 1.807) is 0 Å². The third kappa shape index (κ3) is 3.70. The molecule has 1 heterocycles. The van der Waals surface area contributed by atoms with Gasteiger partial charge in [0.1, 0.15) is 11.6 Å². The van der Waals surface area contributed by atoms with Crippen LogP contribution < -0.4 is 0 Å². The van der Waals surface area contributed by atoms with E-state index in [1.807, 2.05) is 25.6 Å². The largest absolute Gasteiger partial charge is 0.299 e. The molecule has 0 amide bonds. The molecule has 0 spiro atoms. The minimum Gasteiger partial charge on any atom is -0.299 e. The molecule has 0 fully saturated rings. The van der Waals surface area contributed by atoms with Crippen molar-refractivity contribution < 1.29 is 9.18 Å². The number of nitrogens with zero attached hydrogens (tertiary/aromatic N) is 2. The second kappa shape index (κ2) is 6.39. The SMILES string of the molecule is Cc1nn(C)c(C)c1CCC(=O)Cc1cc(Cl)ccc1F. The summed E-state index contributed by atoms with van der Waals surface area (Å²) in [7, 11) is 1.88. The standard InChI is InChI=1S/C16H18ClFN2O/c1-10-15(11(2)20(3)19-10)6-5-14(21)9-12-8-13(17)4-7-16(12)18/h4,7-8H,5-6,9H2,1-3H3. The van der Waals surface area contributed by atoms with Crippen LogP contribution in [0.3, 0.4) is 0 Å². The van der Waals surface area contributed by atoms with Crippen LogP contribution in [0.5, 0.6) is 0 Å². The summed E-state index contributed by atoms with van der Waals surface area (Å²) in [4.78, 5) is 12.0. The summed E-state index contributed by atoms with van der Waals surface area (Å²) in [6, 6.07) is 4.28. The zero-order valence-electron chi connectivity index (χ0n) is 12.4. The van der Waals surface area contributed by atoms with Gasteiger partial charge in [0.2, 0.25) is 0 Å². The molecule has 5 heteroatoms. The summed E-state index contributed by atoms with van der Waals surface area (Å²) >= 11 is 5.83. The summed E-state index contributed by atoms with van der Waals surface area (Å²) in [5.41, 5.74) is 3.45. The molecule has 0 N–H and O–H groups in total. The Morgan fingerprint density at radius 1 is 1.38 bits per heavy atom. The number of aryl methyl sites for hydroxylation is 2. The number of aromatic nitrogens is 2. The van der Waals surface area contributed by atoms with Crippen LogP contribution in [-0.2, 0) is 24.7 Å². The lowest BCUT2D eigenvalue weighted by Crippen LogP contribution is -2.07. The summed E-state index contributed by atoms with van der Waals surface area (Å²) < 4.78 is 15.4. The van der Waals surface area contributed by atoms with Gasteiger partial charge >= 0.3 is 0 Å². The Morgan fingerprint density at radius 2 is 2.10 bits per heavy atom. The van der Waals surface area contributed by atoms with Crippen LogP contribution in [0.4, 0.5) is 4.39 Å². The summed E-state index contributed by atoms with van der Waals surface area (Å²) in [6.45, 7) is 3.92. The molecule has 1 aromatic carbocycles. The normalized spacial score (nSPS) is 10.9. The number of carbonyl (C=O) groups excluding carboxylic acids is 1. The lowest BCUT2D eigenvalue weighted by atomic mass is 10.0. The minimum atomic E-state index is -0.388. The first-order chi connectivity index (χ1) is 9.88. The van der Waals surface area contributed by atoms with E-state index in [0.29, 0.717) is 23.4 Å². The fourth-order valence-electron chi connectivity index (χ4n) is 2.42. The maximum absolute atomic E-state index is 13.6. The zero-order chi connectivity index (χ0) is 15.6. The van der Waals surface area contributed by atoms with Crippen molar-refractivity contribution in [2.24, 2.45) is 7.05 Å². The Bertz CT molecular complexity index is 679. The summed E-state index contributed by atoms with van der Waals surface area (Å²) in [5.74, 6) is -0.389. The quantitative estimate of drug-likeness (QED) is 0.846. The topological polar surface area (TPSA) is 34.9 Å². The Morgan fingerprint density at radius 3 is 2.71 bits per heavy atom. The third-order valence-corrected chi connectivity index (χ3v) is 3.94. The molecular weight excluding hydrogens is 291 g/mol. The molecule has 2 aromatic rings. The highest BCUT2D eigenvalue weighted by atomic mass is 35.5. The number of hydrogen-bond acceptors (Lipinski definition) is 2. The number of ketones is 1. The molecule has 112 valence electrons. The maximum atomic E-state index is 13.6. The number of Topliss-reactive ketones (excluding diaryl/α,β-unsaturated/α-hetero) is 1. The average Bonchev–Trinajstić information content (AvgIpc) is 2.66. The Kier molecular flexibility index (Phi) is 4.78. The highest BCUT2D eigenvalue weighted by Gasteiger charge is 2.13. The Balaban J connectivity index is 2.01. The van der Waals surface area contributed by atoms with Gasteiger partial charge in [0.25, 0.3) is 0 Å². The number of halogens is 2. The van der Waals surface area contributed by atoms with E-state index in [9.17, 15) is 9.18 Å². The minimum absolute atomic E-state index is 0.00109. The van der Waals surface area contributed by atoms with Gasteiger partial charge in [-0.3, -0.25) is 9.48 Å². The molecule has 3 nitrogen and oxygen atoms in total. The highest BCUT2D eigenvalue weighted by Crippen LogP contribution is 2.18. The fourth-order valence-corrected chi connectivity index (χ4v) is 2.62. The van der Waals surface area contributed by atoms with Crippen LogP contribution >= 0.6 is 11.6 Å². The molecule has 0 unspecified atom stereocenters. The molecule has 0 aliphatic heterocycles. The van der Waals surface area contributed by atoms with Gasteiger partial charge in [-0.05, 0) is 49.6 Å². The lowest BCUT2D eigenvalue weighted by Gasteiger charge is -2.05. The van der Waals surface area contributed by atoms with Crippen molar-refractivity contribution in [1.29, 1.82) is 0 Å². The van der Waals surface area contributed by atoms with E-state index in [0.717, 1.165) is 17.0 Å². The first kappa shape index (κ1) is 15.7. The predicted molar refractivity (Wildman–Crippen MR) is 81.1 cm³/mol. The molecule has 0 bridgehead atoms. The number of benzene rings is 1. The van der Waals surface area contributed by atoms with Crippen molar-refractivity contribution in [3.05, 3.63) is 51.6 Å². The molecule has 0 atom stereocenters.